The van der Waals surface area contributed by atoms with Gasteiger partial charge in [-0.1, -0.05) is 25.1 Å². The molecule has 1 aromatic carbocycles. The molecule has 1 atom stereocenters. The summed E-state index contributed by atoms with van der Waals surface area (Å²) in [6.45, 7) is 8.55. The van der Waals surface area contributed by atoms with Gasteiger partial charge in [0, 0.05) is 37.1 Å². The monoisotopic (exact) mass is 403 g/mol. The fourth-order valence-corrected chi connectivity index (χ4v) is 6.11. The molecule has 1 amide bonds. The summed E-state index contributed by atoms with van der Waals surface area (Å²) in [5.41, 5.74) is 3.15. The molecule has 28 heavy (non-hydrogen) atoms. The number of aryl methyl sites for hydroxylation is 1. The molecule has 0 radical (unpaired) electrons. The highest BCUT2D eigenvalue weighted by molar-refractivity contribution is 7.89. The van der Waals surface area contributed by atoms with Gasteiger partial charge in [0.1, 0.15) is 10.6 Å². The molecule has 6 nitrogen and oxygen atoms in total. The maximum atomic E-state index is 13.4. The van der Waals surface area contributed by atoms with E-state index in [2.05, 4.69) is 12.2 Å². The minimum atomic E-state index is -3.64. The number of nitrogens with zero attached hydrogens (tertiary/aromatic N) is 2. The first-order valence-corrected chi connectivity index (χ1v) is 11.1. The normalized spacial score (nSPS) is 18.2. The van der Waals surface area contributed by atoms with E-state index in [1.54, 1.807) is 29.8 Å². The van der Waals surface area contributed by atoms with Crippen molar-refractivity contribution < 1.29 is 13.2 Å². The number of para-hydroxylation sites is 1. The average molecular weight is 404 g/mol. The molecule has 3 rings (SSSR count). The molecule has 0 saturated carbocycles. The van der Waals surface area contributed by atoms with Gasteiger partial charge in [0.25, 0.3) is 5.91 Å². The first-order chi connectivity index (χ1) is 13.1. The molecule has 0 aliphatic carbocycles. The Morgan fingerprint density at radius 2 is 1.86 bits per heavy atom. The van der Waals surface area contributed by atoms with Gasteiger partial charge in [-0.25, -0.2) is 8.42 Å². The maximum Gasteiger partial charge on any atom is 0.272 e. The summed E-state index contributed by atoms with van der Waals surface area (Å²) in [7, 11) is -1.90. The minimum absolute atomic E-state index is 0.263. The molecule has 1 aromatic heterocycles. The number of hydrogen-bond acceptors (Lipinski definition) is 3. The standard InChI is InChI=1S/C21H29N3O3S/c1-14-9-8-12-24(13-14)28(26,27)20-16(3)19(23(5)17(20)4)21(25)22-18-11-7-6-10-15(18)2/h6-7,10-11,14H,8-9,12-13H2,1-5H3,(H,22,25)/t14-/m1/s1. The van der Waals surface area contributed by atoms with Crippen LogP contribution in [0.25, 0.3) is 0 Å². The Morgan fingerprint density at radius 1 is 1.18 bits per heavy atom. The van der Waals surface area contributed by atoms with Crippen LogP contribution in [0.3, 0.4) is 0 Å². The lowest BCUT2D eigenvalue weighted by Gasteiger charge is -2.30. The van der Waals surface area contributed by atoms with Gasteiger partial charge in [0.2, 0.25) is 10.0 Å². The Labute approximate surface area is 167 Å². The van der Waals surface area contributed by atoms with Crippen LogP contribution in [-0.4, -0.2) is 36.3 Å². The number of carbonyl (C=O) groups is 1. The molecule has 1 saturated heterocycles. The smallest absolute Gasteiger partial charge is 0.272 e. The third kappa shape index (κ3) is 3.61. The highest BCUT2D eigenvalue weighted by atomic mass is 32.2. The molecule has 0 unspecified atom stereocenters. The van der Waals surface area contributed by atoms with Crippen LogP contribution in [0.2, 0.25) is 0 Å². The van der Waals surface area contributed by atoms with Crippen LogP contribution in [0.1, 0.15) is 47.1 Å². The summed E-state index contributed by atoms with van der Waals surface area (Å²) in [4.78, 5) is 13.3. The molecule has 0 spiro atoms. The number of piperidine rings is 1. The number of anilines is 1. The molecule has 1 fully saturated rings. The highest BCUT2D eigenvalue weighted by Gasteiger charge is 2.35. The Kier molecular flexibility index (Phi) is 5.68. The van der Waals surface area contributed by atoms with Gasteiger partial charge in [-0.15, -0.1) is 0 Å². The fraction of sp³-hybridized carbons (Fsp3) is 0.476. The Bertz CT molecular complexity index is 1010. The predicted octanol–water partition coefficient (Wildman–Crippen LogP) is 3.62. The summed E-state index contributed by atoms with van der Waals surface area (Å²) in [6.07, 6.45) is 1.91. The van der Waals surface area contributed by atoms with Crippen LogP contribution < -0.4 is 5.32 Å². The van der Waals surface area contributed by atoms with Crippen molar-refractivity contribution >= 4 is 21.6 Å². The number of amides is 1. The largest absolute Gasteiger partial charge is 0.342 e. The first kappa shape index (κ1) is 20.6. The molecule has 7 heteroatoms. The lowest BCUT2D eigenvalue weighted by Crippen LogP contribution is -2.39. The third-order valence-electron chi connectivity index (χ3n) is 5.69. The molecule has 152 valence electrons. The van der Waals surface area contributed by atoms with E-state index in [4.69, 9.17) is 0 Å². The zero-order valence-electron chi connectivity index (χ0n) is 17.2. The van der Waals surface area contributed by atoms with Crippen LogP contribution in [-0.2, 0) is 17.1 Å². The molecular weight excluding hydrogens is 374 g/mol. The molecule has 2 heterocycles. The summed E-state index contributed by atoms with van der Waals surface area (Å²) >= 11 is 0. The van der Waals surface area contributed by atoms with Gasteiger partial charge in [-0.05, 0) is 51.2 Å². The van der Waals surface area contributed by atoms with Crippen molar-refractivity contribution in [2.24, 2.45) is 13.0 Å². The minimum Gasteiger partial charge on any atom is -0.342 e. The molecule has 1 aliphatic heterocycles. The summed E-state index contributed by atoms with van der Waals surface area (Å²) in [5, 5.41) is 2.92. The lowest BCUT2D eigenvalue weighted by atomic mass is 10.0. The van der Waals surface area contributed by atoms with Crippen LogP contribution in [0.5, 0.6) is 0 Å². The van der Waals surface area contributed by atoms with Gasteiger partial charge in [0.05, 0.1) is 0 Å². The molecule has 2 aromatic rings. The third-order valence-corrected chi connectivity index (χ3v) is 7.82. The summed E-state index contributed by atoms with van der Waals surface area (Å²) in [5.74, 6) is 0.0440. The zero-order valence-corrected chi connectivity index (χ0v) is 18.1. The molecule has 1 aliphatic rings. The maximum absolute atomic E-state index is 13.4. The van der Waals surface area contributed by atoms with Crippen LogP contribution in [0.15, 0.2) is 29.2 Å². The quantitative estimate of drug-likeness (QED) is 0.847. The number of rotatable bonds is 4. The molecule has 1 N–H and O–H groups in total. The van der Waals surface area contributed by atoms with Crippen LogP contribution in [0.4, 0.5) is 5.69 Å². The Morgan fingerprint density at radius 3 is 2.50 bits per heavy atom. The van der Waals surface area contributed by atoms with Crippen LogP contribution in [0, 0.1) is 26.7 Å². The SMILES string of the molecule is Cc1ccccc1NC(=O)c1c(C)c(S(=O)(=O)N2CCC[C@@H](C)C2)c(C)n1C. The van der Waals surface area contributed by atoms with E-state index in [0.29, 0.717) is 36.0 Å². The zero-order chi connectivity index (χ0) is 20.6. The van der Waals surface area contributed by atoms with Gasteiger partial charge >= 0.3 is 0 Å². The van der Waals surface area contributed by atoms with E-state index < -0.39 is 10.0 Å². The van der Waals surface area contributed by atoms with Crippen molar-refractivity contribution in [3.05, 3.63) is 46.8 Å². The highest BCUT2D eigenvalue weighted by Crippen LogP contribution is 2.31. The van der Waals surface area contributed by atoms with Crippen molar-refractivity contribution in [2.75, 3.05) is 18.4 Å². The topological polar surface area (TPSA) is 71.4 Å². The average Bonchev–Trinajstić information content (AvgIpc) is 2.86. The lowest BCUT2D eigenvalue weighted by molar-refractivity contribution is 0.101. The predicted molar refractivity (Wildman–Crippen MR) is 111 cm³/mol. The van der Waals surface area contributed by atoms with Gasteiger partial charge in [-0.2, -0.15) is 4.31 Å². The second-order valence-electron chi connectivity index (χ2n) is 7.83. The fourth-order valence-electron chi connectivity index (χ4n) is 4.04. The van der Waals surface area contributed by atoms with Gasteiger partial charge in [0.15, 0.2) is 0 Å². The van der Waals surface area contributed by atoms with E-state index in [-0.39, 0.29) is 10.8 Å². The number of benzene rings is 1. The van der Waals surface area contributed by atoms with Gasteiger partial charge in [-0.3, -0.25) is 4.79 Å². The van der Waals surface area contributed by atoms with Gasteiger partial charge < -0.3 is 9.88 Å². The first-order valence-electron chi connectivity index (χ1n) is 9.67. The number of sulfonamides is 1. The number of nitrogens with one attached hydrogen (secondary N) is 1. The van der Waals surface area contributed by atoms with Crippen molar-refractivity contribution in [2.45, 2.75) is 45.4 Å². The second-order valence-corrected chi connectivity index (χ2v) is 9.70. The second kappa shape index (κ2) is 7.72. The Hall–Kier alpha value is -2.12. The van der Waals surface area contributed by atoms with E-state index in [0.717, 1.165) is 24.1 Å². The van der Waals surface area contributed by atoms with E-state index in [9.17, 15) is 13.2 Å². The van der Waals surface area contributed by atoms with Crippen molar-refractivity contribution in [1.29, 1.82) is 0 Å². The van der Waals surface area contributed by atoms with Crippen molar-refractivity contribution in [1.82, 2.24) is 8.87 Å². The number of aromatic nitrogens is 1. The number of carbonyl (C=O) groups excluding carboxylic acids is 1. The summed E-state index contributed by atoms with van der Waals surface area (Å²) in [6, 6.07) is 7.53. The molecular formula is C21H29N3O3S. The van der Waals surface area contributed by atoms with E-state index >= 15 is 0 Å². The summed E-state index contributed by atoms with van der Waals surface area (Å²) < 4.78 is 30.0. The van der Waals surface area contributed by atoms with Crippen molar-refractivity contribution in [3.63, 3.8) is 0 Å². The van der Waals surface area contributed by atoms with Crippen LogP contribution >= 0.6 is 0 Å². The van der Waals surface area contributed by atoms with E-state index in [1.165, 1.54) is 0 Å². The van der Waals surface area contributed by atoms with E-state index in [1.807, 2.05) is 31.2 Å². The Balaban J connectivity index is 2.00. The number of hydrogen-bond donors (Lipinski definition) is 1. The molecule has 0 bridgehead atoms. The van der Waals surface area contributed by atoms with Crippen molar-refractivity contribution in [3.8, 4) is 0 Å².